The predicted molar refractivity (Wildman–Crippen MR) is 82.8 cm³/mol. The Morgan fingerprint density at radius 2 is 1.70 bits per heavy atom. The van der Waals surface area contributed by atoms with E-state index in [2.05, 4.69) is 4.72 Å². The number of benzene rings is 2. The van der Waals surface area contributed by atoms with Crippen molar-refractivity contribution in [2.45, 2.75) is 18.4 Å². The third-order valence-electron chi connectivity index (χ3n) is 3.06. The van der Waals surface area contributed by atoms with Gasteiger partial charge >= 0.3 is 5.97 Å². The second kappa shape index (κ2) is 7.34. The highest BCUT2D eigenvalue weighted by molar-refractivity contribution is 7.89. The van der Waals surface area contributed by atoms with Gasteiger partial charge in [-0.25, -0.2) is 22.3 Å². The largest absolute Gasteiger partial charge is 0.462 e. The highest BCUT2D eigenvalue weighted by Gasteiger charge is 2.13. The van der Waals surface area contributed by atoms with E-state index in [9.17, 15) is 17.6 Å². The molecular weight excluding hydrogens is 321 g/mol. The van der Waals surface area contributed by atoms with Crippen LogP contribution in [-0.4, -0.2) is 21.0 Å². The van der Waals surface area contributed by atoms with Crippen LogP contribution in [0.25, 0.3) is 0 Å². The van der Waals surface area contributed by atoms with Crippen molar-refractivity contribution < 1.29 is 22.3 Å². The van der Waals surface area contributed by atoms with Gasteiger partial charge < -0.3 is 4.74 Å². The van der Waals surface area contributed by atoms with Crippen LogP contribution in [0.5, 0.6) is 0 Å². The molecule has 23 heavy (non-hydrogen) atoms. The summed E-state index contributed by atoms with van der Waals surface area (Å²) in [6.07, 6.45) is 0. The molecule has 2 aromatic carbocycles. The number of hydrogen-bond acceptors (Lipinski definition) is 4. The molecule has 1 N–H and O–H groups in total. The average molecular weight is 337 g/mol. The van der Waals surface area contributed by atoms with E-state index in [4.69, 9.17) is 4.74 Å². The first kappa shape index (κ1) is 17.1. The number of carbonyl (C=O) groups excluding carboxylic acids is 1. The van der Waals surface area contributed by atoms with Crippen LogP contribution in [0.1, 0.15) is 22.8 Å². The monoisotopic (exact) mass is 337 g/mol. The second-order valence-electron chi connectivity index (χ2n) is 4.70. The third kappa shape index (κ3) is 4.61. The summed E-state index contributed by atoms with van der Waals surface area (Å²) in [5.74, 6) is -0.926. The van der Waals surface area contributed by atoms with Gasteiger partial charge in [0.05, 0.1) is 17.1 Å². The van der Waals surface area contributed by atoms with Gasteiger partial charge in [0, 0.05) is 6.54 Å². The Balaban J connectivity index is 2.02. The smallest absolute Gasteiger partial charge is 0.338 e. The Bertz CT molecular complexity index is 771. The zero-order valence-corrected chi connectivity index (χ0v) is 13.3. The topological polar surface area (TPSA) is 72.5 Å². The molecule has 0 aromatic heterocycles. The summed E-state index contributed by atoms with van der Waals surface area (Å²) in [5.41, 5.74) is 1.08. The summed E-state index contributed by atoms with van der Waals surface area (Å²) in [6.45, 7) is 2.07. The quantitative estimate of drug-likeness (QED) is 0.822. The van der Waals surface area contributed by atoms with Crippen LogP contribution in [0.15, 0.2) is 53.4 Å². The summed E-state index contributed by atoms with van der Waals surface area (Å²) in [6, 6.07) is 11.0. The number of hydrogen-bond donors (Lipinski definition) is 1. The van der Waals surface area contributed by atoms with E-state index in [1.54, 1.807) is 31.2 Å². The van der Waals surface area contributed by atoms with Gasteiger partial charge in [-0.2, -0.15) is 0 Å². The van der Waals surface area contributed by atoms with Crippen LogP contribution in [0.2, 0.25) is 0 Å². The minimum Gasteiger partial charge on any atom is -0.462 e. The summed E-state index contributed by atoms with van der Waals surface area (Å²) in [7, 11) is -3.72. The molecule has 0 radical (unpaired) electrons. The lowest BCUT2D eigenvalue weighted by Gasteiger charge is -2.07. The fourth-order valence-electron chi connectivity index (χ4n) is 1.85. The van der Waals surface area contributed by atoms with Gasteiger partial charge in [-0.1, -0.05) is 12.1 Å². The minimum absolute atomic E-state index is 0.0120. The van der Waals surface area contributed by atoms with Crippen molar-refractivity contribution in [1.82, 2.24) is 4.72 Å². The number of esters is 1. The molecule has 0 saturated heterocycles. The Morgan fingerprint density at radius 3 is 2.26 bits per heavy atom. The Kier molecular flexibility index (Phi) is 5.46. The number of carbonyl (C=O) groups is 1. The number of sulfonamides is 1. The van der Waals surface area contributed by atoms with E-state index < -0.39 is 21.8 Å². The lowest BCUT2D eigenvalue weighted by molar-refractivity contribution is 0.0526. The van der Waals surface area contributed by atoms with Crippen LogP contribution in [0, 0.1) is 5.82 Å². The maximum absolute atomic E-state index is 12.8. The standard InChI is InChI=1S/C16H16FNO4S/c1-2-22-16(19)13-5-3-12(4-6-13)11-18-23(20,21)15-9-7-14(17)8-10-15/h3-10,18H,2,11H2,1H3. The molecule has 5 nitrogen and oxygen atoms in total. The maximum atomic E-state index is 12.8. The molecule has 7 heteroatoms. The van der Waals surface area contributed by atoms with Crippen LogP contribution in [0.3, 0.4) is 0 Å². The molecule has 0 aliphatic heterocycles. The van der Waals surface area contributed by atoms with Crippen LogP contribution in [-0.2, 0) is 21.3 Å². The molecule has 0 unspecified atom stereocenters. The maximum Gasteiger partial charge on any atom is 0.338 e. The minimum atomic E-state index is -3.72. The van der Waals surface area contributed by atoms with E-state index in [0.717, 1.165) is 12.1 Å². The molecule has 0 bridgehead atoms. The summed E-state index contributed by atoms with van der Waals surface area (Å²) >= 11 is 0. The highest BCUT2D eigenvalue weighted by atomic mass is 32.2. The van der Waals surface area contributed by atoms with Crippen molar-refractivity contribution in [1.29, 1.82) is 0 Å². The molecular formula is C16H16FNO4S. The van der Waals surface area contributed by atoms with Crippen molar-refractivity contribution in [3.05, 3.63) is 65.5 Å². The van der Waals surface area contributed by atoms with Gasteiger partial charge in [0.15, 0.2) is 0 Å². The summed E-state index contributed by atoms with van der Waals surface area (Å²) in [5, 5.41) is 0. The van der Waals surface area contributed by atoms with Crippen molar-refractivity contribution in [3.63, 3.8) is 0 Å². The van der Waals surface area contributed by atoms with Gasteiger partial charge in [-0.3, -0.25) is 0 Å². The number of nitrogens with one attached hydrogen (secondary N) is 1. The fourth-order valence-corrected chi connectivity index (χ4v) is 2.87. The van der Waals surface area contributed by atoms with Crippen molar-refractivity contribution in [2.24, 2.45) is 0 Å². The first-order valence-corrected chi connectivity index (χ1v) is 8.42. The fraction of sp³-hybridized carbons (Fsp3) is 0.188. The van der Waals surface area contributed by atoms with Gasteiger partial charge in [0.1, 0.15) is 5.82 Å². The zero-order chi connectivity index (χ0) is 16.9. The van der Waals surface area contributed by atoms with Crippen molar-refractivity contribution in [3.8, 4) is 0 Å². The molecule has 0 amide bonds. The van der Waals surface area contributed by atoms with Gasteiger partial charge in [0.25, 0.3) is 0 Å². The molecule has 0 fully saturated rings. The normalized spacial score (nSPS) is 11.2. The first-order chi connectivity index (χ1) is 10.9. The zero-order valence-electron chi connectivity index (χ0n) is 12.5. The molecule has 2 rings (SSSR count). The lowest BCUT2D eigenvalue weighted by atomic mass is 10.1. The molecule has 0 saturated carbocycles. The van der Waals surface area contributed by atoms with E-state index >= 15 is 0 Å². The Morgan fingerprint density at radius 1 is 1.09 bits per heavy atom. The summed E-state index contributed by atoms with van der Waals surface area (Å²) in [4.78, 5) is 11.5. The van der Waals surface area contributed by atoms with Crippen LogP contribution >= 0.6 is 0 Å². The van der Waals surface area contributed by atoms with E-state index in [-0.39, 0.29) is 18.0 Å². The van der Waals surface area contributed by atoms with Gasteiger partial charge in [0.2, 0.25) is 10.0 Å². The van der Waals surface area contributed by atoms with Gasteiger partial charge in [-0.15, -0.1) is 0 Å². The van der Waals surface area contributed by atoms with Crippen molar-refractivity contribution >= 4 is 16.0 Å². The van der Waals surface area contributed by atoms with E-state index in [1.165, 1.54) is 12.1 Å². The number of ether oxygens (including phenoxy) is 1. The third-order valence-corrected chi connectivity index (χ3v) is 4.47. The predicted octanol–water partition coefficient (Wildman–Crippen LogP) is 2.48. The first-order valence-electron chi connectivity index (χ1n) is 6.93. The molecule has 0 spiro atoms. The number of rotatable bonds is 6. The lowest BCUT2D eigenvalue weighted by Crippen LogP contribution is -2.23. The SMILES string of the molecule is CCOC(=O)c1ccc(CNS(=O)(=O)c2ccc(F)cc2)cc1. The summed E-state index contributed by atoms with van der Waals surface area (Å²) < 4.78 is 44.3. The molecule has 122 valence electrons. The Hall–Kier alpha value is -2.25. The molecule has 0 atom stereocenters. The van der Waals surface area contributed by atoms with Crippen molar-refractivity contribution in [2.75, 3.05) is 6.61 Å². The average Bonchev–Trinajstić information content (AvgIpc) is 2.54. The van der Waals surface area contributed by atoms with Gasteiger partial charge in [-0.05, 0) is 48.9 Å². The molecule has 0 heterocycles. The molecule has 2 aromatic rings. The van der Waals surface area contributed by atoms with E-state index in [1.807, 2.05) is 0 Å². The number of halogens is 1. The van der Waals surface area contributed by atoms with E-state index in [0.29, 0.717) is 11.1 Å². The van der Waals surface area contributed by atoms with Crippen LogP contribution < -0.4 is 4.72 Å². The van der Waals surface area contributed by atoms with Crippen LogP contribution in [0.4, 0.5) is 4.39 Å². The highest BCUT2D eigenvalue weighted by Crippen LogP contribution is 2.11. The molecule has 0 aliphatic carbocycles. The molecule has 0 aliphatic rings. The second-order valence-corrected chi connectivity index (χ2v) is 6.46. The Labute approximate surface area is 134 Å².